The zero-order chi connectivity index (χ0) is 20.2. The SMILES string of the molecule is Cc1ccc(CNC(=O)CCc2c(-c3ccc(Br)cc3)nc3ccccn23)cc1. The summed E-state index contributed by atoms with van der Waals surface area (Å²) in [5.41, 5.74) is 6.23. The number of carbonyl (C=O) groups excluding carboxylic acids is 1. The number of pyridine rings is 1. The predicted molar refractivity (Wildman–Crippen MR) is 120 cm³/mol. The number of benzene rings is 2. The van der Waals surface area contributed by atoms with Gasteiger partial charge in [0.2, 0.25) is 5.91 Å². The maximum Gasteiger partial charge on any atom is 0.220 e. The van der Waals surface area contributed by atoms with Crippen molar-refractivity contribution in [1.29, 1.82) is 0 Å². The minimum Gasteiger partial charge on any atom is -0.352 e. The number of halogens is 1. The second-order valence-electron chi connectivity index (χ2n) is 7.11. The quantitative estimate of drug-likeness (QED) is 0.434. The van der Waals surface area contributed by atoms with Crippen LogP contribution in [-0.4, -0.2) is 15.3 Å². The first-order valence-electron chi connectivity index (χ1n) is 9.64. The number of fused-ring (bicyclic) bond motifs is 1. The van der Waals surface area contributed by atoms with Crippen molar-refractivity contribution in [2.24, 2.45) is 0 Å². The summed E-state index contributed by atoms with van der Waals surface area (Å²) >= 11 is 3.48. The molecule has 0 aliphatic carbocycles. The lowest BCUT2D eigenvalue weighted by Crippen LogP contribution is -2.23. The summed E-state index contributed by atoms with van der Waals surface area (Å²) in [6, 6.07) is 22.3. The van der Waals surface area contributed by atoms with Crippen LogP contribution in [0.1, 0.15) is 23.2 Å². The van der Waals surface area contributed by atoms with E-state index in [1.807, 2.05) is 60.8 Å². The first-order valence-corrected chi connectivity index (χ1v) is 10.4. The van der Waals surface area contributed by atoms with Crippen LogP contribution in [0.15, 0.2) is 77.4 Å². The van der Waals surface area contributed by atoms with Gasteiger partial charge in [0.15, 0.2) is 0 Å². The molecular formula is C24H22BrN3O. The zero-order valence-corrected chi connectivity index (χ0v) is 17.8. The molecule has 0 aliphatic rings. The standard InChI is InChI=1S/C24H22BrN3O/c1-17-5-7-18(8-6-17)16-26-23(29)14-13-21-24(19-9-11-20(25)12-10-19)27-22-4-2-3-15-28(21)22/h2-12,15H,13-14,16H2,1H3,(H,26,29). The van der Waals surface area contributed by atoms with E-state index in [1.165, 1.54) is 5.56 Å². The number of amides is 1. The normalized spacial score (nSPS) is 11.0. The van der Waals surface area contributed by atoms with Gasteiger partial charge in [-0.25, -0.2) is 4.98 Å². The fraction of sp³-hybridized carbons (Fsp3) is 0.167. The Morgan fingerprint density at radius 2 is 1.79 bits per heavy atom. The van der Waals surface area contributed by atoms with Crippen molar-refractivity contribution in [2.45, 2.75) is 26.3 Å². The van der Waals surface area contributed by atoms with Gasteiger partial charge >= 0.3 is 0 Å². The van der Waals surface area contributed by atoms with Crippen molar-refractivity contribution < 1.29 is 4.79 Å². The highest BCUT2D eigenvalue weighted by atomic mass is 79.9. The molecule has 5 heteroatoms. The van der Waals surface area contributed by atoms with Crippen LogP contribution in [0.4, 0.5) is 0 Å². The van der Waals surface area contributed by atoms with Gasteiger partial charge in [-0.1, -0.05) is 64.0 Å². The number of imidazole rings is 1. The van der Waals surface area contributed by atoms with E-state index in [0.29, 0.717) is 19.4 Å². The average molecular weight is 448 g/mol. The summed E-state index contributed by atoms with van der Waals surface area (Å²) in [5.74, 6) is 0.0400. The Hall–Kier alpha value is -2.92. The monoisotopic (exact) mass is 447 g/mol. The molecule has 0 unspecified atom stereocenters. The van der Waals surface area contributed by atoms with E-state index in [4.69, 9.17) is 4.98 Å². The fourth-order valence-corrected chi connectivity index (χ4v) is 3.62. The third-order valence-electron chi connectivity index (χ3n) is 4.95. The van der Waals surface area contributed by atoms with Gasteiger partial charge in [0.1, 0.15) is 5.65 Å². The van der Waals surface area contributed by atoms with Crippen LogP contribution < -0.4 is 5.32 Å². The topological polar surface area (TPSA) is 46.4 Å². The van der Waals surface area contributed by atoms with Gasteiger partial charge in [-0.3, -0.25) is 4.79 Å². The molecule has 0 atom stereocenters. The molecule has 0 spiro atoms. The summed E-state index contributed by atoms with van der Waals surface area (Å²) in [6.45, 7) is 2.60. The van der Waals surface area contributed by atoms with Gasteiger partial charge in [-0.2, -0.15) is 0 Å². The van der Waals surface area contributed by atoms with Crippen LogP contribution in [0.2, 0.25) is 0 Å². The summed E-state index contributed by atoms with van der Waals surface area (Å²) in [5, 5.41) is 3.02. The third-order valence-corrected chi connectivity index (χ3v) is 5.47. The predicted octanol–water partition coefficient (Wildman–Crippen LogP) is 5.32. The molecule has 146 valence electrons. The maximum atomic E-state index is 12.5. The molecule has 0 saturated heterocycles. The lowest BCUT2D eigenvalue weighted by molar-refractivity contribution is -0.121. The summed E-state index contributed by atoms with van der Waals surface area (Å²) in [7, 11) is 0. The van der Waals surface area contributed by atoms with E-state index in [1.54, 1.807) is 0 Å². The van der Waals surface area contributed by atoms with Crippen LogP contribution in [0, 0.1) is 6.92 Å². The van der Waals surface area contributed by atoms with Crippen LogP contribution >= 0.6 is 15.9 Å². The fourth-order valence-electron chi connectivity index (χ4n) is 3.35. The van der Waals surface area contributed by atoms with Crippen LogP contribution in [-0.2, 0) is 17.8 Å². The molecule has 0 aliphatic heterocycles. The summed E-state index contributed by atoms with van der Waals surface area (Å²) in [6.07, 6.45) is 3.04. The first-order chi connectivity index (χ1) is 14.1. The van der Waals surface area contributed by atoms with Crippen molar-refractivity contribution in [3.05, 3.63) is 94.2 Å². The maximum absolute atomic E-state index is 12.5. The molecule has 2 aromatic heterocycles. The van der Waals surface area contributed by atoms with Crippen molar-refractivity contribution in [3.8, 4) is 11.3 Å². The highest BCUT2D eigenvalue weighted by molar-refractivity contribution is 9.10. The van der Waals surface area contributed by atoms with E-state index in [9.17, 15) is 4.79 Å². The largest absolute Gasteiger partial charge is 0.352 e. The molecule has 0 radical (unpaired) electrons. The Labute approximate surface area is 178 Å². The van der Waals surface area contributed by atoms with Gasteiger partial charge < -0.3 is 9.72 Å². The van der Waals surface area contributed by atoms with Gasteiger partial charge in [-0.15, -0.1) is 0 Å². The number of nitrogens with zero attached hydrogens (tertiary/aromatic N) is 2. The van der Waals surface area contributed by atoms with Crippen molar-refractivity contribution in [3.63, 3.8) is 0 Å². The van der Waals surface area contributed by atoms with Crippen LogP contribution in [0.25, 0.3) is 16.9 Å². The highest BCUT2D eigenvalue weighted by Gasteiger charge is 2.15. The first kappa shape index (κ1) is 19.4. The second kappa shape index (κ2) is 8.62. The molecule has 0 saturated carbocycles. The van der Waals surface area contributed by atoms with E-state index in [-0.39, 0.29) is 5.91 Å². The molecule has 29 heavy (non-hydrogen) atoms. The van der Waals surface area contributed by atoms with Gasteiger partial charge in [0.25, 0.3) is 0 Å². The van der Waals surface area contributed by atoms with E-state index < -0.39 is 0 Å². The van der Waals surface area contributed by atoms with E-state index in [2.05, 4.69) is 44.7 Å². The summed E-state index contributed by atoms with van der Waals surface area (Å²) in [4.78, 5) is 17.3. The van der Waals surface area contributed by atoms with Gasteiger partial charge in [0, 0.05) is 29.2 Å². The minimum absolute atomic E-state index is 0.0400. The van der Waals surface area contributed by atoms with Crippen molar-refractivity contribution in [1.82, 2.24) is 14.7 Å². The molecule has 0 fully saturated rings. The molecule has 4 rings (SSSR count). The van der Waals surface area contributed by atoms with Crippen molar-refractivity contribution >= 4 is 27.5 Å². The lowest BCUT2D eigenvalue weighted by atomic mass is 10.1. The molecule has 0 bridgehead atoms. The van der Waals surface area contributed by atoms with Crippen LogP contribution in [0.3, 0.4) is 0 Å². The molecule has 2 aromatic carbocycles. The molecule has 2 heterocycles. The molecule has 4 aromatic rings. The number of hydrogen-bond acceptors (Lipinski definition) is 2. The number of aromatic nitrogens is 2. The smallest absolute Gasteiger partial charge is 0.220 e. The van der Waals surface area contributed by atoms with E-state index >= 15 is 0 Å². The third kappa shape index (κ3) is 4.57. The van der Waals surface area contributed by atoms with Crippen molar-refractivity contribution in [2.75, 3.05) is 0 Å². The van der Waals surface area contributed by atoms with Gasteiger partial charge in [0.05, 0.1) is 11.4 Å². The number of hydrogen-bond donors (Lipinski definition) is 1. The Bertz CT molecular complexity index is 1130. The lowest BCUT2D eigenvalue weighted by Gasteiger charge is -2.08. The zero-order valence-electron chi connectivity index (χ0n) is 16.2. The second-order valence-corrected chi connectivity index (χ2v) is 8.02. The van der Waals surface area contributed by atoms with E-state index in [0.717, 1.165) is 32.6 Å². The number of aryl methyl sites for hydroxylation is 2. The molecule has 1 N–H and O–H groups in total. The number of nitrogens with one attached hydrogen (secondary N) is 1. The Morgan fingerprint density at radius 1 is 1.03 bits per heavy atom. The molecule has 1 amide bonds. The molecule has 4 nitrogen and oxygen atoms in total. The Morgan fingerprint density at radius 3 is 2.55 bits per heavy atom. The Balaban J connectivity index is 1.50. The highest BCUT2D eigenvalue weighted by Crippen LogP contribution is 2.27. The average Bonchev–Trinajstić information content (AvgIpc) is 3.11. The van der Waals surface area contributed by atoms with Crippen LogP contribution in [0.5, 0.6) is 0 Å². The molecular weight excluding hydrogens is 426 g/mol. The Kier molecular flexibility index (Phi) is 5.76. The minimum atomic E-state index is 0.0400. The summed E-state index contributed by atoms with van der Waals surface area (Å²) < 4.78 is 3.10. The number of carbonyl (C=O) groups is 1. The van der Waals surface area contributed by atoms with Gasteiger partial charge in [-0.05, 0) is 43.2 Å². The number of rotatable bonds is 6.